The molecule has 1 heterocycles. The molecule has 1 N–H and O–H groups in total. The maximum Gasteiger partial charge on any atom is 0.0309 e. The molecular formula is C18H28N2. The Bertz CT molecular complexity index is 412. The van der Waals surface area contributed by atoms with Gasteiger partial charge in [0.05, 0.1) is 0 Å². The molecule has 20 heavy (non-hydrogen) atoms. The molecular weight excluding hydrogens is 244 g/mol. The van der Waals surface area contributed by atoms with Gasteiger partial charge in [0.2, 0.25) is 0 Å². The second-order valence-corrected chi connectivity index (χ2v) is 6.65. The van der Waals surface area contributed by atoms with Gasteiger partial charge in [-0.15, -0.1) is 0 Å². The van der Waals surface area contributed by atoms with Crippen molar-refractivity contribution in [3.63, 3.8) is 0 Å². The molecule has 0 atom stereocenters. The zero-order valence-electron chi connectivity index (χ0n) is 12.8. The molecule has 0 radical (unpaired) electrons. The van der Waals surface area contributed by atoms with Gasteiger partial charge in [-0.3, -0.25) is 4.90 Å². The Kier molecular flexibility index (Phi) is 4.42. The highest BCUT2D eigenvalue weighted by Gasteiger charge is 2.35. The molecule has 1 saturated carbocycles. The van der Waals surface area contributed by atoms with Crippen molar-refractivity contribution in [2.45, 2.75) is 57.5 Å². The van der Waals surface area contributed by atoms with E-state index in [2.05, 4.69) is 41.4 Å². The number of nitrogens with one attached hydrogen (secondary N) is 1. The SMILES string of the molecule is CCc1ccc(CN2CCNC3(CCCCC3)C2)cc1. The number of rotatable bonds is 3. The predicted molar refractivity (Wildman–Crippen MR) is 84.9 cm³/mol. The van der Waals surface area contributed by atoms with Crippen LogP contribution in [0.15, 0.2) is 24.3 Å². The van der Waals surface area contributed by atoms with Crippen LogP contribution in [-0.4, -0.2) is 30.1 Å². The summed E-state index contributed by atoms with van der Waals surface area (Å²) in [5, 5.41) is 3.83. The summed E-state index contributed by atoms with van der Waals surface area (Å²) in [6.07, 6.45) is 8.13. The first-order valence-electron chi connectivity index (χ1n) is 8.35. The van der Waals surface area contributed by atoms with Gasteiger partial charge in [-0.25, -0.2) is 0 Å². The third-order valence-electron chi connectivity index (χ3n) is 5.10. The van der Waals surface area contributed by atoms with Crippen molar-refractivity contribution in [2.24, 2.45) is 0 Å². The van der Waals surface area contributed by atoms with Crippen molar-refractivity contribution in [2.75, 3.05) is 19.6 Å². The van der Waals surface area contributed by atoms with Crippen molar-refractivity contribution < 1.29 is 0 Å². The van der Waals surface area contributed by atoms with E-state index in [0.717, 1.165) is 19.5 Å². The lowest BCUT2D eigenvalue weighted by Gasteiger charge is -2.46. The summed E-state index contributed by atoms with van der Waals surface area (Å²) in [7, 11) is 0. The number of hydrogen-bond donors (Lipinski definition) is 1. The molecule has 2 aliphatic rings. The van der Waals surface area contributed by atoms with E-state index < -0.39 is 0 Å². The summed E-state index contributed by atoms with van der Waals surface area (Å²) < 4.78 is 0. The number of nitrogens with zero attached hydrogens (tertiary/aromatic N) is 1. The molecule has 2 fully saturated rings. The molecule has 1 spiro atoms. The lowest BCUT2D eigenvalue weighted by atomic mass is 9.80. The van der Waals surface area contributed by atoms with Crippen molar-refractivity contribution in [3.05, 3.63) is 35.4 Å². The quantitative estimate of drug-likeness (QED) is 0.907. The van der Waals surface area contributed by atoms with Crippen LogP contribution in [0.1, 0.15) is 50.2 Å². The summed E-state index contributed by atoms with van der Waals surface area (Å²) in [5.41, 5.74) is 3.34. The second-order valence-electron chi connectivity index (χ2n) is 6.65. The van der Waals surface area contributed by atoms with Crippen LogP contribution in [0.2, 0.25) is 0 Å². The first kappa shape index (κ1) is 14.1. The van der Waals surface area contributed by atoms with Crippen LogP contribution < -0.4 is 5.32 Å². The Hall–Kier alpha value is -0.860. The van der Waals surface area contributed by atoms with E-state index in [4.69, 9.17) is 0 Å². The minimum Gasteiger partial charge on any atom is -0.309 e. The Labute approximate surface area is 123 Å². The first-order valence-corrected chi connectivity index (χ1v) is 8.35. The molecule has 1 aromatic carbocycles. The van der Waals surface area contributed by atoms with E-state index in [9.17, 15) is 0 Å². The molecule has 0 bridgehead atoms. The van der Waals surface area contributed by atoms with Gasteiger partial charge in [0.1, 0.15) is 0 Å². The van der Waals surface area contributed by atoms with Gasteiger partial charge in [-0.2, -0.15) is 0 Å². The van der Waals surface area contributed by atoms with E-state index in [-0.39, 0.29) is 0 Å². The number of aryl methyl sites for hydroxylation is 1. The summed E-state index contributed by atoms with van der Waals surface area (Å²) in [5.74, 6) is 0. The maximum absolute atomic E-state index is 3.83. The summed E-state index contributed by atoms with van der Waals surface area (Å²) in [4.78, 5) is 2.66. The van der Waals surface area contributed by atoms with Crippen LogP contribution >= 0.6 is 0 Å². The molecule has 0 aromatic heterocycles. The van der Waals surface area contributed by atoms with Crippen LogP contribution in [0.25, 0.3) is 0 Å². The fourth-order valence-electron chi connectivity index (χ4n) is 3.88. The number of hydrogen-bond acceptors (Lipinski definition) is 2. The monoisotopic (exact) mass is 272 g/mol. The molecule has 1 saturated heterocycles. The summed E-state index contributed by atoms with van der Waals surface area (Å²) in [6.45, 7) is 6.93. The van der Waals surface area contributed by atoms with Crippen molar-refractivity contribution in [1.29, 1.82) is 0 Å². The van der Waals surface area contributed by atoms with E-state index in [0.29, 0.717) is 5.54 Å². The topological polar surface area (TPSA) is 15.3 Å². The predicted octanol–water partition coefficient (Wildman–Crippen LogP) is 3.36. The number of piperazine rings is 1. The highest BCUT2D eigenvalue weighted by molar-refractivity contribution is 5.22. The molecule has 2 heteroatoms. The highest BCUT2D eigenvalue weighted by Crippen LogP contribution is 2.31. The highest BCUT2D eigenvalue weighted by atomic mass is 15.2. The average molecular weight is 272 g/mol. The summed E-state index contributed by atoms with van der Waals surface area (Å²) >= 11 is 0. The van der Waals surface area contributed by atoms with Gasteiger partial charge in [-0.1, -0.05) is 50.5 Å². The lowest BCUT2D eigenvalue weighted by Crippen LogP contribution is -2.60. The van der Waals surface area contributed by atoms with E-state index >= 15 is 0 Å². The smallest absolute Gasteiger partial charge is 0.0309 e. The van der Waals surface area contributed by atoms with Gasteiger partial charge >= 0.3 is 0 Å². The Balaban J connectivity index is 1.61. The van der Waals surface area contributed by atoms with E-state index in [1.54, 1.807) is 0 Å². The zero-order valence-corrected chi connectivity index (χ0v) is 12.8. The second kappa shape index (κ2) is 6.28. The Morgan fingerprint density at radius 3 is 2.45 bits per heavy atom. The Morgan fingerprint density at radius 2 is 1.75 bits per heavy atom. The summed E-state index contributed by atoms with van der Waals surface area (Å²) in [6, 6.07) is 9.20. The van der Waals surface area contributed by atoms with Crippen LogP contribution in [0.4, 0.5) is 0 Å². The molecule has 0 unspecified atom stereocenters. The normalized spacial score (nSPS) is 23.1. The van der Waals surface area contributed by atoms with Gasteiger partial charge in [0, 0.05) is 31.7 Å². The average Bonchev–Trinajstić information content (AvgIpc) is 2.49. The molecule has 1 aliphatic heterocycles. The van der Waals surface area contributed by atoms with E-state index in [1.165, 1.54) is 56.3 Å². The van der Waals surface area contributed by atoms with Gasteiger partial charge in [-0.05, 0) is 30.4 Å². The van der Waals surface area contributed by atoms with Crippen LogP contribution in [-0.2, 0) is 13.0 Å². The largest absolute Gasteiger partial charge is 0.309 e. The van der Waals surface area contributed by atoms with Crippen molar-refractivity contribution in [1.82, 2.24) is 10.2 Å². The van der Waals surface area contributed by atoms with Crippen LogP contribution in [0.5, 0.6) is 0 Å². The first-order chi connectivity index (χ1) is 9.80. The third-order valence-corrected chi connectivity index (χ3v) is 5.10. The van der Waals surface area contributed by atoms with Gasteiger partial charge in [0.15, 0.2) is 0 Å². The van der Waals surface area contributed by atoms with Crippen molar-refractivity contribution in [3.8, 4) is 0 Å². The van der Waals surface area contributed by atoms with Gasteiger partial charge < -0.3 is 5.32 Å². The fraction of sp³-hybridized carbons (Fsp3) is 0.667. The fourth-order valence-corrected chi connectivity index (χ4v) is 3.88. The molecule has 3 rings (SSSR count). The van der Waals surface area contributed by atoms with Crippen molar-refractivity contribution >= 4 is 0 Å². The molecule has 2 nitrogen and oxygen atoms in total. The molecule has 1 aromatic rings. The minimum absolute atomic E-state index is 0.430. The zero-order chi connectivity index (χ0) is 13.8. The van der Waals surface area contributed by atoms with Gasteiger partial charge in [0.25, 0.3) is 0 Å². The third kappa shape index (κ3) is 3.24. The maximum atomic E-state index is 3.83. The molecule has 1 aliphatic carbocycles. The van der Waals surface area contributed by atoms with E-state index in [1.807, 2.05) is 0 Å². The minimum atomic E-state index is 0.430. The standard InChI is InChI=1S/C18H28N2/c1-2-16-6-8-17(9-7-16)14-20-13-12-19-18(15-20)10-4-3-5-11-18/h6-9,19H,2-5,10-15H2,1H3. The number of benzene rings is 1. The van der Waals surface area contributed by atoms with Crippen LogP contribution in [0.3, 0.4) is 0 Å². The molecule has 110 valence electrons. The van der Waals surface area contributed by atoms with Crippen LogP contribution in [0, 0.1) is 0 Å². The lowest BCUT2D eigenvalue weighted by molar-refractivity contribution is 0.0945. The Morgan fingerprint density at radius 1 is 1.05 bits per heavy atom. The molecule has 0 amide bonds.